The van der Waals surface area contributed by atoms with Crippen LogP contribution in [-0.4, -0.2) is 26.9 Å². The summed E-state index contributed by atoms with van der Waals surface area (Å²) in [5, 5.41) is 11.5. The Balaban J connectivity index is 2.29. The van der Waals surface area contributed by atoms with Gasteiger partial charge in [0.05, 0.1) is 0 Å². The Labute approximate surface area is 134 Å². The molecule has 22 heavy (non-hydrogen) atoms. The molecule has 1 aromatic carbocycles. The molecule has 0 saturated carbocycles. The summed E-state index contributed by atoms with van der Waals surface area (Å²) in [7, 11) is 0. The molecule has 0 aliphatic carbocycles. The minimum absolute atomic E-state index is 0.113. The lowest BCUT2D eigenvalue weighted by Crippen LogP contribution is -2.27. The Morgan fingerprint density at radius 1 is 1.41 bits per heavy atom. The second-order valence-electron chi connectivity index (χ2n) is 5.15. The minimum atomic E-state index is -0.433. The van der Waals surface area contributed by atoms with Crippen molar-refractivity contribution in [3.05, 3.63) is 29.3 Å². The minimum Gasteiger partial charge on any atom is -0.368 e. The van der Waals surface area contributed by atoms with Crippen molar-refractivity contribution in [1.29, 1.82) is 0 Å². The lowest BCUT2D eigenvalue weighted by atomic mass is 10.1. The Morgan fingerprint density at radius 3 is 2.77 bits per heavy atom. The number of aromatic nitrogens is 3. The number of carbonyl (C=O) groups is 1. The number of carbonyl (C=O) groups excluding carboxylic acids is 1. The van der Waals surface area contributed by atoms with E-state index in [1.54, 1.807) is 4.57 Å². The second-order valence-corrected chi connectivity index (χ2v) is 5.92. The third kappa shape index (κ3) is 3.24. The van der Waals surface area contributed by atoms with Crippen molar-refractivity contribution in [1.82, 2.24) is 14.8 Å². The fourth-order valence-electron chi connectivity index (χ4n) is 2.29. The molecule has 0 fully saturated rings. The number of rotatable bonds is 5. The van der Waals surface area contributed by atoms with E-state index in [1.165, 1.54) is 11.8 Å². The average Bonchev–Trinajstić information content (AvgIpc) is 2.85. The highest BCUT2D eigenvalue weighted by Gasteiger charge is 2.24. The number of anilines is 2. The summed E-state index contributed by atoms with van der Waals surface area (Å²) in [4.78, 5) is 12.7. The highest BCUT2D eigenvalue weighted by Crippen LogP contribution is 2.25. The van der Waals surface area contributed by atoms with E-state index in [0.717, 1.165) is 16.8 Å². The van der Waals surface area contributed by atoms with E-state index in [4.69, 9.17) is 5.73 Å². The molecular weight excluding hydrogens is 298 g/mol. The van der Waals surface area contributed by atoms with Crippen LogP contribution in [-0.2, 0) is 4.79 Å². The van der Waals surface area contributed by atoms with Crippen LogP contribution in [0.1, 0.15) is 30.5 Å². The SMILES string of the molecule is CCC(C(=O)Nc1cc(C)ccc1C)n1c(N)nnc1SC. The van der Waals surface area contributed by atoms with Gasteiger partial charge in [0.1, 0.15) is 6.04 Å². The van der Waals surface area contributed by atoms with Crippen molar-refractivity contribution < 1.29 is 4.79 Å². The third-order valence-corrected chi connectivity index (χ3v) is 4.17. The standard InChI is InChI=1S/C15H21N5OS/c1-5-12(20-14(16)18-19-15(20)22-4)13(21)17-11-8-9(2)6-7-10(11)3/h6-8,12H,5H2,1-4H3,(H2,16,18)(H,17,21). The molecule has 2 rings (SSSR count). The van der Waals surface area contributed by atoms with Gasteiger partial charge < -0.3 is 11.1 Å². The molecule has 1 atom stereocenters. The highest BCUT2D eigenvalue weighted by molar-refractivity contribution is 7.98. The van der Waals surface area contributed by atoms with Gasteiger partial charge in [0, 0.05) is 5.69 Å². The predicted molar refractivity (Wildman–Crippen MR) is 90.1 cm³/mol. The van der Waals surface area contributed by atoms with E-state index in [2.05, 4.69) is 15.5 Å². The second kappa shape index (κ2) is 6.83. The van der Waals surface area contributed by atoms with E-state index >= 15 is 0 Å². The van der Waals surface area contributed by atoms with Crippen LogP contribution in [0.3, 0.4) is 0 Å². The van der Waals surface area contributed by atoms with Gasteiger partial charge in [-0.05, 0) is 43.7 Å². The lowest BCUT2D eigenvalue weighted by molar-refractivity contribution is -0.119. The summed E-state index contributed by atoms with van der Waals surface area (Å²) in [5.74, 6) is 0.144. The van der Waals surface area contributed by atoms with E-state index in [1.807, 2.05) is 45.2 Å². The van der Waals surface area contributed by atoms with Crippen LogP contribution in [0.25, 0.3) is 0 Å². The Hall–Kier alpha value is -2.02. The molecule has 1 aromatic heterocycles. The normalized spacial score (nSPS) is 12.2. The molecule has 1 amide bonds. The van der Waals surface area contributed by atoms with Gasteiger partial charge >= 0.3 is 0 Å². The van der Waals surface area contributed by atoms with E-state index in [-0.39, 0.29) is 11.9 Å². The van der Waals surface area contributed by atoms with Crippen molar-refractivity contribution in [3.8, 4) is 0 Å². The van der Waals surface area contributed by atoms with Crippen molar-refractivity contribution >= 4 is 29.3 Å². The molecule has 0 spiro atoms. The molecule has 118 valence electrons. The maximum absolute atomic E-state index is 12.7. The number of hydrogen-bond acceptors (Lipinski definition) is 5. The first-order valence-corrected chi connectivity index (χ1v) is 8.32. The van der Waals surface area contributed by atoms with Crippen LogP contribution in [0, 0.1) is 13.8 Å². The highest BCUT2D eigenvalue weighted by atomic mass is 32.2. The van der Waals surface area contributed by atoms with Crippen molar-refractivity contribution in [3.63, 3.8) is 0 Å². The van der Waals surface area contributed by atoms with Crippen molar-refractivity contribution in [2.24, 2.45) is 0 Å². The molecule has 0 aliphatic heterocycles. The van der Waals surface area contributed by atoms with Crippen molar-refractivity contribution in [2.45, 2.75) is 38.4 Å². The zero-order valence-electron chi connectivity index (χ0n) is 13.3. The number of aryl methyl sites for hydroxylation is 2. The smallest absolute Gasteiger partial charge is 0.247 e. The topological polar surface area (TPSA) is 85.8 Å². The fraction of sp³-hybridized carbons (Fsp3) is 0.400. The van der Waals surface area contributed by atoms with E-state index in [0.29, 0.717) is 11.6 Å². The molecule has 0 aliphatic rings. The van der Waals surface area contributed by atoms with Gasteiger partial charge in [-0.1, -0.05) is 30.8 Å². The molecule has 1 unspecified atom stereocenters. The summed E-state index contributed by atoms with van der Waals surface area (Å²) in [6.07, 6.45) is 2.49. The molecule has 6 nitrogen and oxygen atoms in total. The molecule has 0 bridgehead atoms. The number of nitrogen functional groups attached to an aromatic ring is 1. The lowest BCUT2D eigenvalue weighted by Gasteiger charge is -2.19. The van der Waals surface area contributed by atoms with Gasteiger partial charge in [0.25, 0.3) is 0 Å². The Bertz CT molecular complexity index is 683. The van der Waals surface area contributed by atoms with Crippen molar-refractivity contribution in [2.75, 3.05) is 17.3 Å². The van der Waals surface area contributed by atoms with E-state index < -0.39 is 6.04 Å². The first-order valence-electron chi connectivity index (χ1n) is 7.10. The molecule has 2 aromatic rings. The van der Waals surface area contributed by atoms with Gasteiger partial charge in [0.2, 0.25) is 11.9 Å². The Kier molecular flexibility index (Phi) is 5.07. The number of thioether (sulfide) groups is 1. The number of nitrogens with one attached hydrogen (secondary N) is 1. The van der Waals surface area contributed by atoms with Gasteiger partial charge in [-0.2, -0.15) is 0 Å². The number of hydrogen-bond donors (Lipinski definition) is 2. The monoisotopic (exact) mass is 319 g/mol. The van der Waals surface area contributed by atoms with Crippen LogP contribution in [0.2, 0.25) is 0 Å². The molecule has 7 heteroatoms. The maximum atomic E-state index is 12.7. The first-order chi connectivity index (χ1) is 10.5. The predicted octanol–water partition coefficient (Wildman–Crippen LogP) is 2.79. The first kappa shape index (κ1) is 16.4. The molecule has 0 radical (unpaired) electrons. The zero-order valence-corrected chi connectivity index (χ0v) is 14.1. The molecular formula is C15H21N5OS. The third-order valence-electron chi connectivity index (χ3n) is 3.53. The van der Waals surface area contributed by atoms with Gasteiger partial charge in [-0.25, -0.2) is 0 Å². The average molecular weight is 319 g/mol. The maximum Gasteiger partial charge on any atom is 0.247 e. The van der Waals surface area contributed by atoms with Crippen LogP contribution >= 0.6 is 11.8 Å². The molecule has 3 N–H and O–H groups in total. The van der Waals surface area contributed by atoms with Crippen LogP contribution < -0.4 is 11.1 Å². The number of amides is 1. The quantitative estimate of drug-likeness (QED) is 0.828. The number of nitrogens with zero attached hydrogens (tertiary/aromatic N) is 3. The van der Waals surface area contributed by atoms with Crippen LogP contribution in [0.15, 0.2) is 23.4 Å². The molecule has 1 heterocycles. The van der Waals surface area contributed by atoms with Crippen LogP contribution in [0.5, 0.6) is 0 Å². The van der Waals surface area contributed by atoms with Gasteiger partial charge in [0.15, 0.2) is 5.16 Å². The summed E-state index contributed by atoms with van der Waals surface area (Å²) in [6.45, 7) is 5.91. The van der Waals surface area contributed by atoms with Crippen LogP contribution in [0.4, 0.5) is 11.6 Å². The summed E-state index contributed by atoms with van der Waals surface area (Å²) < 4.78 is 1.69. The number of nitrogens with two attached hydrogens (primary N) is 1. The summed E-state index contributed by atoms with van der Waals surface area (Å²) >= 11 is 1.42. The molecule has 0 saturated heterocycles. The Morgan fingerprint density at radius 2 is 2.14 bits per heavy atom. The summed E-state index contributed by atoms with van der Waals surface area (Å²) in [5.41, 5.74) is 8.82. The largest absolute Gasteiger partial charge is 0.368 e. The summed E-state index contributed by atoms with van der Waals surface area (Å²) in [6, 6.07) is 5.54. The van der Waals surface area contributed by atoms with Gasteiger partial charge in [-0.15, -0.1) is 10.2 Å². The fourth-order valence-corrected chi connectivity index (χ4v) is 2.83. The van der Waals surface area contributed by atoms with Gasteiger partial charge in [-0.3, -0.25) is 9.36 Å². The van der Waals surface area contributed by atoms with E-state index in [9.17, 15) is 4.79 Å². The number of benzene rings is 1. The zero-order chi connectivity index (χ0) is 16.3.